The van der Waals surface area contributed by atoms with Crippen LogP contribution in [-0.4, -0.2) is 37.0 Å². The minimum atomic E-state index is -0.513. The Bertz CT molecular complexity index is 759. The molecule has 0 atom stereocenters. The van der Waals surface area contributed by atoms with Crippen molar-refractivity contribution in [3.8, 4) is 17.2 Å². The van der Waals surface area contributed by atoms with E-state index in [9.17, 15) is 15.2 Å². The van der Waals surface area contributed by atoms with Gasteiger partial charge in [0.05, 0.1) is 19.1 Å². The van der Waals surface area contributed by atoms with Crippen LogP contribution in [0, 0.1) is 10.1 Å². The number of phenols is 1. The van der Waals surface area contributed by atoms with Gasteiger partial charge in [0.25, 0.3) is 5.69 Å². The van der Waals surface area contributed by atoms with E-state index in [0.717, 1.165) is 5.56 Å². The summed E-state index contributed by atoms with van der Waals surface area (Å²) in [5, 5.41) is 20.5. The van der Waals surface area contributed by atoms with Crippen molar-refractivity contribution in [1.82, 2.24) is 0 Å². The van der Waals surface area contributed by atoms with Crippen molar-refractivity contribution in [2.45, 2.75) is 6.42 Å². The molecule has 0 radical (unpaired) electrons. The fraction of sp³-hybridized carbons (Fsp3) is 0.235. The van der Waals surface area contributed by atoms with E-state index in [0.29, 0.717) is 30.0 Å². The highest BCUT2D eigenvalue weighted by Gasteiger charge is 2.08. The summed E-state index contributed by atoms with van der Waals surface area (Å²) in [7, 11) is 3.15. The summed E-state index contributed by atoms with van der Waals surface area (Å²) >= 11 is 0. The molecule has 2 aromatic carbocycles. The van der Waals surface area contributed by atoms with Gasteiger partial charge in [-0.25, -0.2) is 0 Å². The molecule has 0 aliphatic rings. The number of nitrogens with zero attached hydrogens (tertiary/aromatic N) is 2. The van der Waals surface area contributed by atoms with E-state index in [2.05, 4.69) is 4.99 Å². The molecule has 2 rings (SSSR count). The van der Waals surface area contributed by atoms with E-state index in [4.69, 9.17) is 9.47 Å². The summed E-state index contributed by atoms with van der Waals surface area (Å²) in [6.07, 6.45) is 2.09. The molecule has 0 aliphatic carbocycles. The van der Waals surface area contributed by atoms with Crippen LogP contribution in [0.1, 0.15) is 11.1 Å². The molecule has 1 N–H and O–H groups in total. The Morgan fingerprint density at radius 3 is 2.58 bits per heavy atom. The average molecular weight is 330 g/mol. The molecule has 7 heteroatoms. The zero-order valence-electron chi connectivity index (χ0n) is 13.4. The van der Waals surface area contributed by atoms with Crippen molar-refractivity contribution in [3.05, 3.63) is 57.6 Å². The maximum atomic E-state index is 10.7. The SMILES string of the molecule is COc1ccc(CCN=Cc2cc([N+](=O)[O-])ccc2O)cc1OC. The zero-order valence-corrected chi connectivity index (χ0v) is 13.4. The summed E-state index contributed by atoms with van der Waals surface area (Å²) in [5.74, 6) is 1.26. The van der Waals surface area contributed by atoms with Crippen LogP contribution < -0.4 is 9.47 Å². The first-order chi connectivity index (χ1) is 11.5. The number of phenolic OH excluding ortho intramolecular Hbond substituents is 1. The largest absolute Gasteiger partial charge is 0.507 e. The van der Waals surface area contributed by atoms with Crippen LogP contribution >= 0.6 is 0 Å². The molecule has 0 aliphatic heterocycles. The molecule has 0 fully saturated rings. The summed E-state index contributed by atoms with van der Waals surface area (Å²) in [4.78, 5) is 14.5. The number of nitro benzene ring substituents is 1. The van der Waals surface area contributed by atoms with Gasteiger partial charge in [-0.05, 0) is 30.2 Å². The van der Waals surface area contributed by atoms with Crippen LogP contribution in [0.5, 0.6) is 17.2 Å². The standard InChI is InChI=1S/C17H18N2O5/c1-23-16-6-3-12(9-17(16)24-2)7-8-18-11-13-10-14(19(21)22)4-5-15(13)20/h3-6,9-11,20H,7-8H2,1-2H3. The summed E-state index contributed by atoms with van der Waals surface area (Å²) < 4.78 is 10.4. The van der Waals surface area contributed by atoms with Crippen LogP contribution in [0.2, 0.25) is 0 Å². The lowest BCUT2D eigenvalue weighted by Crippen LogP contribution is -1.95. The molecule has 24 heavy (non-hydrogen) atoms. The number of methoxy groups -OCH3 is 2. The van der Waals surface area contributed by atoms with Crippen molar-refractivity contribution in [2.75, 3.05) is 20.8 Å². The van der Waals surface area contributed by atoms with Gasteiger partial charge >= 0.3 is 0 Å². The maximum Gasteiger partial charge on any atom is 0.270 e. The molecule has 0 unspecified atom stereocenters. The van der Waals surface area contributed by atoms with Gasteiger partial charge in [0.1, 0.15) is 5.75 Å². The summed E-state index contributed by atoms with van der Waals surface area (Å²) in [6.45, 7) is 0.470. The molecule has 0 saturated heterocycles. The minimum absolute atomic E-state index is 0.0459. The number of rotatable bonds is 7. The van der Waals surface area contributed by atoms with Crippen LogP contribution in [0.25, 0.3) is 0 Å². The Morgan fingerprint density at radius 1 is 1.17 bits per heavy atom. The second kappa shape index (κ2) is 7.96. The minimum Gasteiger partial charge on any atom is -0.507 e. The molecular formula is C17H18N2O5. The van der Waals surface area contributed by atoms with Gasteiger partial charge in [0.2, 0.25) is 0 Å². The highest BCUT2D eigenvalue weighted by atomic mass is 16.6. The van der Waals surface area contributed by atoms with E-state index < -0.39 is 4.92 Å². The van der Waals surface area contributed by atoms with Crippen molar-refractivity contribution in [3.63, 3.8) is 0 Å². The average Bonchev–Trinajstić information content (AvgIpc) is 2.59. The van der Waals surface area contributed by atoms with Gasteiger partial charge in [-0.15, -0.1) is 0 Å². The highest BCUT2D eigenvalue weighted by molar-refractivity contribution is 5.84. The maximum absolute atomic E-state index is 10.7. The molecule has 0 bridgehead atoms. The molecular weight excluding hydrogens is 312 g/mol. The fourth-order valence-electron chi connectivity index (χ4n) is 2.15. The third kappa shape index (κ3) is 4.22. The topological polar surface area (TPSA) is 94.2 Å². The molecule has 0 heterocycles. The second-order valence-electron chi connectivity index (χ2n) is 4.97. The van der Waals surface area contributed by atoms with Crippen molar-refractivity contribution >= 4 is 11.9 Å². The lowest BCUT2D eigenvalue weighted by Gasteiger charge is -2.08. The van der Waals surface area contributed by atoms with E-state index in [1.54, 1.807) is 14.2 Å². The second-order valence-corrected chi connectivity index (χ2v) is 4.97. The van der Waals surface area contributed by atoms with Gasteiger partial charge in [-0.1, -0.05) is 6.07 Å². The molecule has 0 spiro atoms. The van der Waals surface area contributed by atoms with Gasteiger partial charge in [0.15, 0.2) is 11.5 Å². The third-order valence-corrected chi connectivity index (χ3v) is 3.43. The lowest BCUT2D eigenvalue weighted by atomic mass is 10.1. The fourth-order valence-corrected chi connectivity index (χ4v) is 2.15. The van der Waals surface area contributed by atoms with Crippen LogP contribution in [0.4, 0.5) is 5.69 Å². The van der Waals surface area contributed by atoms with Crippen LogP contribution in [-0.2, 0) is 6.42 Å². The Kier molecular flexibility index (Phi) is 5.73. The third-order valence-electron chi connectivity index (χ3n) is 3.43. The molecule has 0 aromatic heterocycles. The summed E-state index contributed by atoms with van der Waals surface area (Å²) in [6, 6.07) is 9.44. The molecule has 0 saturated carbocycles. The van der Waals surface area contributed by atoms with Crippen LogP contribution in [0.3, 0.4) is 0 Å². The van der Waals surface area contributed by atoms with Crippen molar-refractivity contribution < 1.29 is 19.5 Å². The first kappa shape index (κ1) is 17.3. The lowest BCUT2D eigenvalue weighted by molar-refractivity contribution is -0.384. The van der Waals surface area contributed by atoms with E-state index in [-0.39, 0.29) is 11.4 Å². The number of benzene rings is 2. The van der Waals surface area contributed by atoms with Crippen LogP contribution in [0.15, 0.2) is 41.4 Å². The van der Waals surface area contributed by atoms with Gasteiger partial charge < -0.3 is 14.6 Å². The number of aliphatic imine (C=N–C) groups is 1. The smallest absolute Gasteiger partial charge is 0.270 e. The van der Waals surface area contributed by atoms with E-state index >= 15 is 0 Å². The number of hydrogen-bond acceptors (Lipinski definition) is 6. The predicted octanol–water partition coefficient (Wildman–Crippen LogP) is 2.98. The first-order valence-electron chi connectivity index (χ1n) is 7.23. The molecule has 2 aromatic rings. The Labute approximate surface area is 139 Å². The summed E-state index contributed by atoms with van der Waals surface area (Å²) in [5.41, 5.74) is 1.25. The van der Waals surface area contributed by atoms with Crippen molar-refractivity contribution in [2.24, 2.45) is 4.99 Å². The monoisotopic (exact) mass is 330 g/mol. The van der Waals surface area contributed by atoms with Gasteiger partial charge in [0, 0.05) is 30.5 Å². The number of hydrogen-bond donors (Lipinski definition) is 1. The number of nitro groups is 1. The van der Waals surface area contributed by atoms with Crippen molar-refractivity contribution in [1.29, 1.82) is 0 Å². The van der Waals surface area contributed by atoms with E-state index in [1.165, 1.54) is 24.4 Å². The first-order valence-corrected chi connectivity index (χ1v) is 7.23. The van der Waals surface area contributed by atoms with E-state index in [1.807, 2.05) is 18.2 Å². The zero-order chi connectivity index (χ0) is 17.5. The number of non-ortho nitro benzene ring substituents is 1. The van der Waals surface area contributed by atoms with Gasteiger partial charge in [-0.3, -0.25) is 15.1 Å². The Hall–Kier alpha value is -3.09. The Morgan fingerprint density at radius 2 is 1.92 bits per heavy atom. The molecule has 0 amide bonds. The Balaban J connectivity index is 2.03. The molecule has 7 nitrogen and oxygen atoms in total. The highest BCUT2D eigenvalue weighted by Crippen LogP contribution is 2.27. The number of ether oxygens (including phenoxy) is 2. The molecule has 126 valence electrons. The number of aromatic hydroxyl groups is 1. The predicted molar refractivity (Wildman–Crippen MR) is 90.5 cm³/mol. The quantitative estimate of drug-likeness (QED) is 0.478. The van der Waals surface area contributed by atoms with Gasteiger partial charge in [-0.2, -0.15) is 0 Å². The normalized spacial score (nSPS) is 10.8.